The van der Waals surface area contributed by atoms with Crippen LogP contribution in [0.5, 0.6) is 0 Å². The number of carbonyl (C=O) groups excluding carboxylic acids is 1. The summed E-state index contributed by atoms with van der Waals surface area (Å²) in [6, 6.07) is 27.4. The van der Waals surface area contributed by atoms with Gasteiger partial charge < -0.3 is 5.32 Å². The molecule has 0 atom stereocenters. The van der Waals surface area contributed by atoms with Gasteiger partial charge in [-0.15, -0.1) is 4.83 Å². The average molecular weight is 459 g/mol. The van der Waals surface area contributed by atoms with Crippen molar-refractivity contribution in [3.63, 3.8) is 0 Å². The Morgan fingerprint density at radius 2 is 1.48 bits per heavy atom. The highest BCUT2D eigenvalue weighted by atomic mass is 32.2. The first-order valence-corrected chi connectivity index (χ1v) is 11.7. The molecule has 4 rings (SSSR count). The van der Waals surface area contributed by atoms with Gasteiger partial charge in [-0.3, -0.25) is 4.98 Å². The molecule has 0 fully saturated rings. The van der Waals surface area contributed by atoms with Crippen LogP contribution < -0.4 is 15.2 Å². The number of para-hydroxylation sites is 1. The highest BCUT2D eigenvalue weighted by Crippen LogP contribution is 2.30. The molecule has 0 radical (unpaired) electrons. The molecule has 8 heteroatoms. The lowest BCUT2D eigenvalue weighted by atomic mass is 10.0. The van der Waals surface area contributed by atoms with Crippen molar-refractivity contribution < 1.29 is 13.2 Å². The van der Waals surface area contributed by atoms with Gasteiger partial charge in [0.15, 0.2) is 0 Å². The first kappa shape index (κ1) is 22.2. The van der Waals surface area contributed by atoms with Crippen LogP contribution in [-0.4, -0.2) is 19.4 Å². The number of urea groups is 1. The molecule has 2 N–H and O–H groups in total. The molecule has 0 aliphatic carbocycles. The molecule has 1 aromatic heterocycles. The van der Waals surface area contributed by atoms with Crippen molar-refractivity contribution >= 4 is 21.7 Å². The van der Waals surface area contributed by atoms with Crippen molar-refractivity contribution in [2.24, 2.45) is 0 Å². The number of rotatable bonds is 7. The van der Waals surface area contributed by atoms with Gasteiger partial charge in [-0.25, -0.2) is 18.2 Å². The van der Waals surface area contributed by atoms with Crippen molar-refractivity contribution in [2.75, 3.05) is 5.01 Å². The van der Waals surface area contributed by atoms with E-state index in [1.165, 1.54) is 12.1 Å². The minimum Gasteiger partial charge on any atom is -0.332 e. The van der Waals surface area contributed by atoms with Gasteiger partial charge in [0.2, 0.25) is 0 Å². The number of hydrazine groups is 1. The van der Waals surface area contributed by atoms with Crippen molar-refractivity contribution in [1.82, 2.24) is 15.1 Å². The maximum absolute atomic E-state index is 13.3. The maximum atomic E-state index is 13.3. The van der Waals surface area contributed by atoms with Gasteiger partial charge in [-0.1, -0.05) is 72.8 Å². The van der Waals surface area contributed by atoms with E-state index < -0.39 is 16.1 Å². The Labute approximate surface area is 192 Å². The summed E-state index contributed by atoms with van der Waals surface area (Å²) in [7, 11) is -4.03. The highest BCUT2D eigenvalue weighted by Gasteiger charge is 2.26. The smallest absolute Gasteiger partial charge is 0.332 e. The van der Waals surface area contributed by atoms with Gasteiger partial charge >= 0.3 is 6.03 Å². The van der Waals surface area contributed by atoms with E-state index in [1.54, 1.807) is 48.8 Å². The second-order valence-corrected chi connectivity index (χ2v) is 8.81. The predicted molar refractivity (Wildman–Crippen MR) is 128 cm³/mol. The van der Waals surface area contributed by atoms with Crippen molar-refractivity contribution in [3.8, 4) is 11.1 Å². The number of hydrogen-bond acceptors (Lipinski definition) is 4. The summed E-state index contributed by atoms with van der Waals surface area (Å²) in [6.45, 7) is 0.184. The van der Waals surface area contributed by atoms with Gasteiger partial charge in [0.25, 0.3) is 10.0 Å². The molecule has 3 aromatic carbocycles. The molecule has 0 saturated heterocycles. The van der Waals surface area contributed by atoms with E-state index in [4.69, 9.17) is 0 Å². The van der Waals surface area contributed by atoms with Gasteiger partial charge in [0.1, 0.15) is 0 Å². The number of nitrogens with zero attached hydrogens (tertiary/aromatic N) is 2. The van der Waals surface area contributed by atoms with Crippen LogP contribution in [0.15, 0.2) is 114 Å². The Morgan fingerprint density at radius 1 is 0.818 bits per heavy atom. The number of amides is 2. The Balaban J connectivity index is 1.71. The fourth-order valence-electron chi connectivity index (χ4n) is 3.26. The molecule has 0 saturated carbocycles. The first-order valence-electron chi connectivity index (χ1n) is 10.2. The molecule has 0 aliphatic rings. The molecule has 1 heterocycles. The van der Waals surface area contributed by atoms with E-state index in [1.807, 2.05) is 48.5 Å². The quantitative estimate of drug-likeness (QED) is 0.403. The third kappa shape index (κ3) is 5.43. The molecule has 7 nitrogen and oxygen atoms in total. The number of carbonyl (C=O) groups is 1. The van der Waals surface area contributed by atoms with Crippen LogP contribution in [0.25, 0.3) is 11.1 Å². The van der Waals surface area contributed by atoms with E-state index in [9.17, 15) is 13.2 Å². The van der Waals surface area contributed by atoms with Gasteiger partial charge in [0, 0.05) is 24.5 Å². The second-order valence-electron chi connectivity index (χ2n) is 7.15. The molecule has 33 heavy (non-hydrogen) atoms. The fourth-order valence-corrected chi connectivity index (χ4v) is 4.30. The highest BCUT2D eigenvalue weighted by molar-refractivity contribution is 7.89. The number of sulfonamides is 1. The predicted octanol–water partition coefficient (Wildman–Crippen LogP) is 4.36. The largest absolute Gasteiger partial charge is 0.337 e. The van der Waals surface area contributed by atoms with Gasteiger partial charge in [-0.2, -0.15) is 0 Å². The summed E-state index contributed by atoms with van der Waals surface area (Å²) in [6.07, 6.45) is 3.28. The summed E-state index contributed by atoms with van der Waals surface area (Å²) in [5.41, 5.74) is 2.72. The van der Waals surface area contributed by atoms with Crippen molar-refractivity contribution in [2.45, 2.75) is 11.4 Å². The molecule has 0 unspecified atom stereocenters. The van der Waals surface area contributed by atoms with Crippen LogP contribution in [0.1, 0.15) is 5.56 Å². The summed E-state index contributed by atoms with van der Waals surface area (Å²) in [5, 5.41) is 3.80. The van der Waals surface area contributed by atoms with E-state index in [0.29, 0.717) is 11.3 Å². The Hall–Kier alpha value is -4.01. The van der Waals surface area contributed by atoms with Gasteiger partial charge in [0.05, 0.1) is 10.6 Å². The third-order valence-corrected chi connectivity index (χ3v) is 6.18. The SMILES string of the molecule is O=C(NCc1cccnc1)N(NS(=O)(=O)c1ccccc1)c1ccccc1-c1ccccc1. The Bertz CT molecular complexity index is 1320. The van der Waals surface area contributed by atoms with Crippen LogP contribution in [0, 0.1) is 0 Å². The van der Waals surface area contributed by atoms with Crippen LogP contribution in [-0.2, 0) is 16.6 Å². The maximum Gasteiger partial charge on any atom is 0.337 e. The van der Waals surface area contributed by atoms with Gasteiger partial charge in [-0.05, 0) is 35.4 Å². The Kier molecular flexibility index (Phi) is 6.77. The van der Waals surface area contributed by atoms with Crippen molar-refractivity contribution in [3.05, 3.63) is 115 Å². The lowest BCUT2D eigenvalue weighted by Gasteiger charge is -2.26. The van der Waals surface area contributed by atoms with E-state index in [0.717, 1.165) is 16.1 Å². The molecular formula is C25H22N4O3S. The number of anilines is 1. The zero-order chi connectivity index (χ0) is 23.1. The number of hydrogen-bond donors (Lipinski definition) is 2. The molecule has 166 valence electrons. The number of benzene rings is 3. The lowest BCUT2D eigenvalue weighted by Crippen LogP contribution is -2.51. The van der Waals surface area contributed by atoms with Crippen molar-refractivity contribution in [1.29, 1.82) is 0 Å². The van der Waals surface area contributed by atoms with E-state index >= 15 is 0 Å². The zero-order valence-corrected chi connectivity index (χ0v) is 18.4. The summed E-state index contributed by atoms with van der Waals surface area (Å²) < 4.78 is 26.2. The topological polar surface area (TPSA) is 91.4 Å². The van der Waals surface area contributed by atoms with Crippen LogP contribution in [0.3, 0.4) is 0 Å². The van der Waals surface area contributed by atoms with E-state index in [2.05, 4.69) is 15.1 Å². The fraction of sp³-hybridized carbons (Fsp3) is 0.0400. The number of aromatic nitrogens is 1. The minimum absolute atomic E-state index is 0.0484. The molecule has 2 amide bonds. The summed E-state index contributed by atoms with van der Waals surface area (Å²) >= 11 is 0. The number of pyridine rings is 1. The first-order chi connectivity index (χ1) is 16.0. The van der Waals surface area contributed by atoms with Crippen LogP contribution >= 0.6 is 0 Å². The minimum atomic E-state index is -4.03. The molecule has 0 bridgehead atoms. The lowest BCUT2D eigenvalue weighted by molar-refractivity contribution is 0.245. The average Bonchev–Trinajstić information content (AvgIpc) is 2.87. The third-order valence-electron chi connectivity index (χ3n) is 4.86. The number of nitrogens with one attached hydrogen (secondary N) is 2. The second kappa shape index (κ2) is 10.1. The standard InChI is InChI=1S/C25H22N4O3S/c30-25(27-19-20-10-9-17-26-18-20)29(28-33(31,32)22-13-5-2-6-14-22)24-16-8-7-15-23(24)21-11-3-1-4-12-21/h1-18,28H,19H2,(H,27,30). The molecule has 4 aromatic rings. The zero-order valence-electron chi connectivity index (χ0n) is 17.6. The normalized spacial score (nSPS) is 11.0. The Morgan fingerprint density at radius 3 is 2.18 bits per heavy atom. The summed E-state index contributed by atoms with van der Waals surface area (Å²) in [4.78, 5) is 19.8. The summed E-state index contributed by atoms with van der Waals surface area (Å²) in [5.74, 6) is 0. The van der Waals surface area contributed by atoms with E-state index in [-0.39, 0.29) is 11.4 Å². The van der Waals surface area contributed by atoms with Crippen LogP contribution in [0.2, 0.25) is 0 Å². The molecular weight excluding hydrogens is 436 g/mol. The monoisotopic (exact) mass is 458 g/mol. The molecule has 0 aliphatic heterocycles. The van der Waals surface area contributed by atoms with Crippen LogP contribution in [0.4, 0.5) is 10.5 Å². The molecule has 0 spiro atoms.